The molecular weight excluding hydrogens is 514 g/mol. The number of nitrogens with one attached hydrogen (secondary N) is 3. The van der Waals surface area contributed by atoms with Crippen LogP contribution < -0.4 is 16.1 Å². The summed E-state index contributed by atoms with van der Waals surface area (Å²) < 4.78 is 38.7. The van der Waals surface area contributed by atoms with E-state index in [2.05, 4.69) is 48.7 Å². The summed E-state index contributed by atoms with van der Waals surface area (Å²) in [5.74, 6) is -1.19. The predicted octanol–water partition coefficient (Wildman–Crippen LogP) is 3.24. The van der Waals surface area contributed by atoms with Crippen LogP contribution in [-0.2, 0) is 15.8 Å². The van der Waals surface area contributed by atoms with Gasteiger partial charge < -0.3 is 10.6 Å². The van der Waals surface area contributed by atoms with E-state index in [1.54, 1.807) is 12.1 Å². The van der Waals surface area contributed by atoms with Gasteiger partial charge in [-0.05, 0) is 46.9 Å². The summed E-state index contributed by atoms with van der Waals surface area (Å²) in [6.45, 7) is -0.365. The van der Waals surface area contributed by atoms with Crippen LogP contribution in [-0.4, -0.2) is 29.1 Å². The number of hydrogen-bond acceptors (Lipinski definition) is 5. The Morgan fingerprint density at radius 2 is 2.07 bits per heavy atom. The molecular formula is C16H10ClF3IN5O2. The molecule has 3 rings (SSSR count). The first kappa shape index (κ1) is 20.3. The minimum absolute atomic E-state index is 0.0487. The van der Waals surface area contributed by atoms with Gasteiger partial charge >= 0.3 is 6.18 Å². The van der Waals surface area contributed by atoms with E-state index in [9.17, 15) is 22.8 Å². The Labute approximate surface area is 174 Å². The summed E-state index contributed by atoms with van der Waals surface area (Å²) in [5, 5.41) is 8.68. The highest BCUT2D eigenvalue weighted by Crippen LogP contribution is 2.32. The number of carbonyl (C=O) groups is 2. The second-order valence-electron chi connectivity index (χ2n) is 5.55. The van der Waals surface area contributed by atoms with E-state index >= 15 is 0 Å². The van der Waals surface area contributed by atoms with Gasteiger partial charge in [0.15, 0.2) is 5.71 Å². The molecule has 1 aromatic heterocycles. The van der Waals surface area contributed by atoms with Gasteiger partial charge in [-0.2, -0.15) is 18.3 Å². The molecule has 0 radical (unpaired) electrons. The Bertz CT molecular complexity index is 997. The van der Waals surface area contributed by atoms with Gasteiger partial charge in [-0.15, -0.1) is 0 Å². The zero-order valence-corrected chi connectivity index (χ0v) is 16.6. The first-order valence-electron chi connectivity index (χ1n) is 7.59. The number of amides is 2. The smallest absolute Gasteiger partial charge is 0.360 e. The summed E-state index contributed by atoms with van der Waals surface area (Å²) in [6, 6.07) is 5.98. The van der Waals surface area contributed by atoms with Gasteiger partial charge in [0.2, 0.25) is 0 Å². The van der Waals surface area contributed by atoms with Crippen molar-refractivity contribution in [2.45, 2.75) is 6.18 Å². The number of benzene rings is 1. The fraction of sp³-hybridized carbons (Fsp3) is 0.125. The summed E-state index contributed by atoms with van der Waals surface area (Å²) in [6.07, 6.45) is -3.97. The van der Waals surface area contributed by atoms with Crippen molar-refractivity contribution in [3.63, 3.8) is 0 Å². The molecule has 1 aliphatic heterocycles. The molecule has 0 saturated carbocycles. The van der Waals surface area contributed by atoms with E-state index in [1.807, 2.05) is 6.07 Å². The number of fused-ring (bicyclic) bond motifs is 1. The van der Waals surface area contributed by atoms with Crippen molar-refractivity contribution in [3.8, 4) is 0 Å². The average molecular weight is 524 g/mol. The number of aromatic nitrogens is 1. The molecule has 12 heteroatoms. The Morgan fingerprint density at radius 1 is 1.32 bits per heavy atom. The molecule has 1 aliphatic rings. The monoisotopic (exact) mass is 523 g/mol. The van der Waals surface area contributed by atoms with Crippen molar-refractivity contribution >= 4 is 63.2 Å². The second-order valence-corrected chi connectivity index (χ2v) is 7.20. The van der Waals surface area contributed by atoms with Gasteiger partial charge in [0.05, 0.1) is 22.8 Å². The van der Waals surface area contributed by atoms with E-state index in [4.69, 9.17) is 11.6 Å². The summed E-state index contributed by atoms with van der Waals surface area (Å²) in [7, 11) is 0. The Morgan fingerprint density at radius 3 is 2.75 bits per heavy atom. The molecule has 28 heavy (non-hydrogen) atoms. The van der Waals surface area contributed by atoms with Gasteiger partial charge in [0.25, 0.3) is 11.8 Å². The zero-order chi connectivity index (χ0) is 20.5. The summed E-state index contributed by atoms with van der Waals surface area (Å²) >= 11 is 7.83. The van der Waals surface area contributed by atoms with Crippen LogP contribution in [0.3, 0.4) is 0 Å². The average Bonchev–Trinajstić information content (AvgIpc) is 2.92. The molecule has 0 aliphatic carbocycles. The fourth-order valence-electron chi connectivity index (χ4n) is 2.28. The number of nitrogens with zero attached hydrogens (tertiary/aromatic N) is 2. The third-order valence-electron chi connectivity index (χ3n) is 3.58. The Hall–Kier alpha value is -2.41. The van der Waals surface area contributed by atoms with Crippen molar-refractivity contribution in [1.29, 1.82) is 0 Å². The Balaban J connectivity index is 1.64. The third kappa shape index (κ3) is 4.52. The number of hydrogen-bond donors (Lipinski definition) is 3. The molecule has 3 N–H and O–H groups in total. The largest absolute Gasteiger partial charge is 0.417 e. The second kappa shape index (κ2) is 7.91. The van der Waals surface area contributed by atoms with Crippen LogP contribution in [0.4, 0.5) is 24.7 Å². The molecule has 0 atom stereocenters. The van der Waals surface area contributed by atoms with Crippen molar-refractivity contribution in [2.24, 2.45) is 5.10 Å². The van der Waals surface area contributed by atoms with E-state index in [-0.39, 0.29) is 23.1 Å². The summed E-state index contributed by atoms with van der Waals surface area (Å²) in [4.78, 5) is 27.5. The SMILES string of the molecule is O=C(CNc1ncc(C(F)(F)F)cc1Cl)NN=C1C(=O)Nc2ccc(I)cc21. The van der Waals surface area contributed by atoms with Crippen molar-refractivity contribution in [1.82, 2.24) is 10.4 Å². The number of rotatable bonds is 4. The standard InChI is InChI=1S/C16H10ClF3IN5O2/c17-10-3-7(16(18,19)20)5-22-14(10)23-6-12(27)25-26-13-9-4-8(21)1-2-11(9)24-15(13)28/h1-5H,6H2,(H,22,23)(H,25,27)(H,24,26,28). The molecule has 0 spiro atoms. The fourth-order valence-corrected chi connectivity index (χ4v) is 3.01. The molecule has 146 valence electrons. The number of pyridine rings is 1. The molecule has 0 unspecified atom stereocenters. The molecule has 2 aromatic rings. The predicted molar refractivity (Wildman–Crippen MR) is 105 cm³/mol. The van der Waals surface area contributed by atoms with Crippen LogP contribution >= 0.6 is 34.2 Å². The topological polar surface area (TPSA) is 95.5 Å². The van der Waals surface area contributed by atoms with Crippen LogP contribution in [0.15, 0.2) is 35.6 Å². The minimum Gasteiger partial charge on any atom is -0.360 e. The number of anilines is 2. The third-order valence-corrected chi connectivity index (χ3v) is 4.54. The maximum Gasteiger partial charge on any atom is 0.417 e. The lowest BCUT2D eigenvalue weighted by Crippen LogP contribution is -2.28. The van der Waals surface area contributed by atoms with Crippen LogP contribution in [0.2, 0.25) is 5.02 Å². The van der Waals surface area contributed by atoms with Crippen molar-refractivity contribution in [3.05, 3.63) is 50.2 Å². The minimum atomic E-state index is -4.57. The van der Waals surface area contributed by atoms with E-state index in [1.165, 1.54) is 0 Å². The van der Waals surface area contributed by atoms with Gasteiger partial charge in [-0.3, -0.25) is 9.59 Å². The van der Waals surface area contributed by atoms with Gasteiger partial charge in [0.1, 0.15) is 5.82 Å². The van der Waals surface area contributed by atoms with Gasteiger partial charge in [-0.25, -0.2) is 10.4 Å². The molecule has 7 nitrogen and oxygen atoms in total. The quantitative estimate of drug-likeness (QED) is 0.424. The van der Waals surface area contributed by atoms with E-state index in [0.29, 0.717) is 23.5 Å². The first-order chi connectivity index (χ1) is 13.1. The zero-order valence-electron chi connectivity index (χ0n) is 13.7. The lowest BCUT2D eigenvalue weighted by Gasteiger charge is -2.10. The number of hydrazone groups is 1. The molecule has 2 amide bonds. The maximum absolute atomic E-state index is 12.6. The van der Waals surface area contributed by atoms with E-state index in [0.717, 1.165) is 3.57 Å². The highest BCUT2D eigenvalue weighted by molar-refractivity contribution is 14.1. The Kier molecular flexibility index (Phi) is 5.74. The number of halogens is 5. The van der Waals surface area contributed by atoms with Gasteiger partial charge in [0, 0.05) is 15.3 Å². The van der Waals surface area contributed by atoms with Crippen LogP contribution in [0.1, 0.15) is 11.1 Å². The number of alkyl halides is 3. The maximum atomic E-state index is 12.6. The molecule has 2 heterocycles. The lowest BCUT2D eigenvalue weighted by molar-refractivity contribution is -0.137. The van der Waals surface area contributed by atoms with Crippen molar-refractivity contribution < 1.29 is 22.8 Å². The normalized spacial score (nSPS) is 14.6. The van der Waals surface area contributed by atoms with Gasteiger partial charge in [-0.1, -0.05) is 11.6 Å². The van der Waals surface area contributed by atoms with Crippen LogP contribution in [0.5, 0.6) is 0 Å². The lowest BCUT2D eigenvalue weighted by atomic mass is 10.1. The molecule has 1 aromatic carbocycles. The highest BCUT2D eigenvalue weighted by atomic mass is 127. The van der Waals surface area contributed by atoms with Crippen molar-refractivity contribution in [2.75, 3.05) is 17.2 Å². The van der Waals surface area contributed by atoms with Crippen LogP contribution in [0.25, 0.3) is 0 Å². The van der Waals surface area contributed by atoms with Crippen LogP contribution in [0, 0.1) is 3.57 Å². The van der Waals surface area contributed by atoms with E-state index < -0.39 is 23.6 Å². The molecule has 0 fully saturated rings. The molecule has 0 saturated heterocycles. The highest BCUT2D eigenvalue weighted by Gasteiger charge is 2.31. The first-order valence-corrected chi connectivity index (χ1v) is 9.05. The summed E-state index contributed by atoms with van der Waals surface area (Å²) in [5.41, 5.74) is 2.40. The molecule has 0 bridgehead atoms. The number of carbonyl (C=O) groups excluding carboxylic acids is 2.